The molecule has 0 unspecified atom stereocenters. The van der Waals surface area contributed by atoms with E-state index in [-0.39, 0.29) is 0 Å². The number of hydrogen-bond donors (Lipinski definition) is 0. The highest BCUT2D eigenvalue weighted by atomic mass is 32.2. The molecule has 60 valence electrons. The van der Waals surface area contributed by atoms with E-state index in [9.17, 15) is 0 Å². The molecule has 0 aliphatic carbocycles. The van der Waals surface area contributed by atoms with Crippen LogP contribution in [0, 0.1) is 0 Å². The van der Waals surface area contributed by atoms with E-state index in [0.29, 0.717) is 0 Å². The van der Waals surface area contributed by atoms with Gasteiger partial charge in [-0.3, -0.25) is 14.2 Å². The van der Waals surface area contributed by atoms with Crippen LogP contribution in [0.15, 0.2) is 4.99 Å². The molecule has 2 rings (SSSR count). The van der Waals surface area contributed by atoms with Crippen LogP contribution in [0.25, 0.3) is 0 Å². The lowest BCUT2D eigenvalue weighted by Crippen LogP contribution is -2.34. The molecular weight excluding hydrogens is 178 g/mol. The van der Waals surface area contributed by atoms with Gasteiger partial charge in [-0.1, -0.05) is 0 Å². The lowest BCUT2D eigenvalue weighted by molar-refractivity contribution is 0.545. The van der Waals surface area contributed by atoms with Crippen molar-refractivity contribution in [2.75, 3.05) is 20.1 Å². The van der Waals surface area contributed by atoms with Gasteiger partial charge in [0.05, 0.1) is 0 Å². The van der Waals surface area contributed by atoms with Gasteiger partial charge in [0, 0.05) is 32.1 Å². The van der Waals surface area contributed by atoms with Crippen LogP contribution in [-0.4, -0.2) is 39.6 Å². The lowest BCUT2D eigenvalue weighted by atomic mass is 10.4. The van der Waals surface area contributed by atoms with Gasteiger partial charge >= 0.3 is 0 Å². The first kappa shape index (κ1) is 7.36. The first-order valence-corrected chi connectivity index (χ1v) is 4.75. The molecule has 1 saturated heterocycles. The maximum Gasteiger partial charge on any atom is 0.187 e. The Labute approximate surface area is 75.6 Å². The number of nitrogens with zero attached hydrogens (tertiary/aromatic N) is 3. The van der Waals surface area contributed by atoms with Crippen LogP contribution in [0.4, 0.5) is 0 Å². The number of thiocarbonyl (C=S) groups is 1. The van der Waals surface area contributed by atoms with Crippen LogP contribution in [-0.2, 0) is 0 Å². The summed E-state index contributed by atoms with van der Waals surface area (Å²) in [6.45, 7) is 1.99. The van der Waals surface area contributed by atoms with E-state index in [4.69, 9.17) is 12.2 Å². The number of amidine groups is 1. The number of fused-ring (bicyclic) bond motifs is 1. The van der Waals surface area contributed by atoms with Crippen molar-refractivity contribution in [1.82, 2.24) is 9.21 Å². The standard InChI is InChI=1S/C6H9N3S2/c1-8-6(10)9-4-2-3-7-5(9)11-8/h2-4H2,1H3. The second-order valence-corrected chi connectivity index (χ2v) is 4.00. The molecule has 11 heavy (non-hydrogen) atoms. The topological polar surface area (TPSA) is 18.8 Å². The highest BCUT2D eigenvalue weighted by Gasteiger charge is 2.30. The summed E-state index contributed by atoms with van der Waals surface area (Å²) in [6, 6.07) is 0. The Kier molecular flexibility index (Phi) is 1.77. The van der Waals surface area contributed by atoms with Crippen molar-refractivity contribution in [3.05, 3.63) is 0 Å². The van der Waals surface area contributed by atoms with Crippen molar-refractivity contribution in [1.29, 1.82) is 0 Å². The normalized spacial score (nSPS) is 23.7. The Morgan fingerprint density at radius 3 is 3.18 bits per heavy atom. The third-order valence-corrected chi connectivity index (χ3v) is 3.31. The van der Waals surface area contributed by atoms with E-state index in [2.05, 4.69) is 9.89 Å². The molecule has 0 aromatic rings. The Balaban J connectivity index is 2.26. The second kappa shape index (κ2) is 2.64. The van der Waals surface area contributed by atoms with Crippen molar-refractivity contribution < 1.29 is 0 Å². The fourth-order valence-corrected chi connectivity index (χ4v) is 2.37. The Morgan fingerprint density at radius 1 is 1.64 bits per heavy atom. The van der Waals surface area contributed by atoms with E-state index in [0.717, 1.165) is 29.8 Å². The highest BCUT2D eigenvalue weighted by Crippen LogP contribution is 2.26. The molecule has 0 N–H and O–H groups in total. The van der Waals surface area contributed by atoms with Crippen LogP contribution >= 0.6 is 24.2 Å². The van der Waals surface area contributed by atoms with Gasteiger partial charge in [-0.05, 0) is 18.6 Å². The van der Waals surface area contributed by atoms with Gasteiger partial charge in [-0.25, -0.2) is 0 Å². The Bertz CT molecular complexity index is 226. The van der Waals surface area contributed by atoms with Gasteiger partial charge in [0.25, 0.3) is 0 Å². The van der Waals surface area contributed by atoms with Gasteiger partial charge < -0.3 is 0 Å². The lowest BCUT2D eigenvalue weighted by Gasteiger charge is -2.19. The molecule has 0 bridgehead atoms. The minimum atomic E-state index is 0.897. The maximum absolute atomic E-state index is 5.19. The summed E-state index contributed by atoms with van der Waals surface area (Å²) in [5.41, 5.74) is 0. The van der Waals surface area contributed by atoms with Crippen molar-refractivity contribution in [2.45, 2.75) is 6.42 Å². The number of aliphatic imine (C=N–C) groups is 1. The number of hydrogen-bond acceptors (Lipinski definition) is 3. The molecule has 0 spiro atoms. The zero-order valence-electron chi connectivity index (χ0n) is 6.28. The summed E-state index contributed by atoms with van der Waals surface area (Å²) in [7, 11) is 1.98. The van der Waals surface area contributed by atoms with Gasteiger partial charge in [-0.2, -0.15) is 0 Å². The summed E-state index contributed by atoms with van der Waals surface area (Å²) in [5.74, 6) is 0. The van der Waals surface area contributed by atoms with Crippen LogP contribution in [0.2, 0.25) is 0 Å². The minimum Gasteiger partial charge on any atom is -0.296 e. The van der Waals surface area contributed by atoms with Gasteiger partial charge in [0.1, 0.15) is 0 Å². The molecule has 0 aromatic heterocycles. The molecule has 3 nitrogen and oxygen atoms in total. The molecule has 0 aromatic carbocycles. The predicted molar refractivity (Wildman–Crippen MR) is 51.6 cm³/mol. The first-order valence-electron chi connectivity index (χ1n) is 3.56. The smallest absolute Gasteiger partial charge is 0.187 e. The maximum atomic E-state index is 5.19. The molecule has 1 fully saturated rings. The fraction of sp³-hybridized carbons (Fsp3) is 0.667. The molecule has 5 heteroatoms. The van der Waals surface area contributed by atoms with Crippen molar-refractivity contribution in [3.8, 4) is 0 Å². The summed E-state index contributed by atoms with van der Waals surface area (Å²) < 4.78 is 1.99. The summed E-state index contributed by atoms with van der Waals surface area (Å²) >= 11 is 6.82. The van der Waals surface area contributed by atoms with E-state index < -0.39 is 0 Å². The van der Waals surface area contributed by atoms with E-state index >= 15 is 0 Å². The minimum absolute atomic E-state index is 0.897. The Hall–Kier alpha value is -0.290. The van der Waals surface area contributed by atoms with Gasteiger partial charge in [0.15, 0.2) is 10.3 Å². The average molecular weight is 187 g/mol. The zero-order valence-corrected chi connectivity index (χ0v) is 7.91. The Morgan fingerprint density at radius 2 is 2.45 bits per heavy atom. The molecular formula is C6H9N3S2. The van der Waals surface area contributed by atoms with E-state index in [1.54, 1.807) is 11.9 Å². The molecule has 0 radical (unpaired) electrons. The molecule has 0 amide bonds. The van der Waals surface area contributed by atoms with Crippen LogP contribution in [0.3, 0.4) is 0 Å². The SMILES string of the molecule is CN1SC2=NCCCN2C1=S. The van der Waals surface area contributed by atoms with Crippen LogP contribution < -0.4 is 0 Å². The van der Waals surface area contributed by atoms with E-state index in [1.165, 1.54) is 0 Å². The van der Waals surface area contributed by atoms with Crippen LogP contribution in [0.5, 0.6) is 0 Å². The summed E-state index contributed by atoms with van der Waals surface area (Å²) in [6.07, 6.45) is 1.12. The summed E-state index contributed by atoms with van der Waals surface area (Å²) in [4.78, 5) is 6.47. The molecule has 2 aliphatic rings. The predicted octanol–water partition coefficient (Wildman–Crippen LogP) is 0.927. The largest absolute Gasteiger partial charge is 0.296 e. The summed E-state index contributed by atoms with van der Waals surface area (Å²) in [5, 5.41) is 1.97. The first-order chi connectivity index (χ1) is 5.29. The second-order valence-electron chi connectivity index (χ2n) is 2.54. The van der Waals surface area contributed by atoms with Crippen molar-refractivity contribution >= 4 is 34.4 Å². The molecule has 0 saturated carbocycles. The number of rotatable bonds is 0. The van der Waals surface area contributed by atoms with Gasteiger partial charge in [-0.15, -0.1) is 0 Å². The molecule has 2 heterocycles. The third-order valence-electron chi connectivity index (χ3n) is 1.74. The van der Waals surface area contributed by atoms with Crippen molar-refractivity contribution in [2.24, 2.45) is 4.99 Å². The van der Waals surface area contributed by atoms with Crippen molar-refractivity contribution in [3.63, 3.8) is 0 Å². The monoisotopic (exact) mass is 187 g/mol. The molecule has 0 atom stereocenters. The highest BCUT2D eigenvalue weighted by molar-refractivity contribution is 8.13. The zero-order chi connectivity index (χ0) is 7.84. The van der Waals surface area contributed by atoms with Crippen LogP contribution in [0.1, 0.15) is 6.42 Å². The van der Waals surface area contributed by atoms with E-state index in [1.807, 2.05) is 11.4 Å². The average Bonchev–Trinajstić information content (AvgIpc) is 2.30. The quantitative estimate of drug-likeness (QED) is 0.415. The van der Waals surface area contributed by atoms with Gasteiger partial charge in [0.2, 0.25) is 0 Å². The molecule has 2 aliphatic heterocycles. The third kappa shape index (κ3) is 1.12. The fourth-order valence-electron chi connectivity index (χ4n) is 1.17.